The molecule has 8 heteroatoms. The van der Waals surface area contributed by atoms with Gasteiger partial charge < -0.3 is 27.0 Å². The Bertz CT molecular complexity index is 433. The molecular formula is C22H46N4O4. The van der Waals surface area contributed by atoms with E-state index in [-0.39, 0.29) is 5.96 Å². The summed E-state index contributed by atoms with van der Waals surface area (Å²) in [6.07, 6.45) is 18.2. The Morgan fingerprint density at radius 2 is 1.27 bits per heavy atom. The maximum absolute atomic E-state index is 10.3. The second-order valence-electron chi connectivity index (χ2n) is 7.81. The van der Waals surface area contributed by atoms with Gasteiger partial charge in [-0.2, -0.15) is 0 Å². The Kier molecular flexibility index (Phi) is 23.7. The summed E-state index contributed by atoms with van der Waals surface area (Å²) in [6.45, 7) is 2.74. The Balaban J connectivity index is 0. The molecule has 1 atom stereocenters. The lowest BCUT2D eigenvalue weighted by molar-refractivity contribution is -0.139. The number of carboxylic acids is 2. The summed E-state index contributed by atoms with van der Waals surface area (Å²) in [5.74, 6) is -1.77. The van der Waals surface area contributed by atoms with Crippen LogP contribution in [-0.4, -0.2) is 40.7 Å². The lowest BCUT2D eigenvalue weighted by Crippen LogP contribution is -2.34. The fourth-order valence-electron chi connectivity index (χ4n) is 2.96. The molecule has 0 fully saturated rings. The average Bonchev–Trinajstić information content (AvgIpc) is 2.68. The molecule has 0 heterocycles. The summed E-state index contributed by atoms with van der Waals surface area (Å²) in [5.41, 5.74) is 10.2. The molecule has 0 radical (unpaired) electrons. The Morgan fingerprint density at radius 1 is 0.833 bits per heavy atom. The summed E-state index contributed by atoms with van der Waals surface area (Å²) >= 11 is 0. The molecule has 0 bridgehead atoms. The van der Waals surface area contributed by atoms with E-state index in [0.29, 0.717) is 25.8 Å². The van der Waals surface area contributed by atoms with Crippen LogP contribution in [-0.2, 0) is 9.59 Å². The minimum Gasteiger partial charge on any atom is -0.481 e. The zero-order valence-corrected chi connectivity index (χ0v) is 19.0. The van der Waals surface area contributed by atoms with E-state index in [0.717, 1.165) is 12.8 Å². The third-order valence-electron chi connectivity index (χ3n) is 4.82. The van der Waals surface area contributed by atoms with Gasteiger partial charge in [-0.05, 0) is 19.3 Å². The lowest BCUT2D eigenvalue weighted by atomic mass is 10.0. The topological polar surface area (TPSA) is 163 Å². The number of carbonyl (C=O) groups is 2. The van der Waals surface area contributed by atoms with Gasteiger partial charge in [-0.3, -0.25) is 15.0 Å². The first-order valence-electron chi connectivity index (χ1n) is 11.6. The largest absolute Gasteiger partial charge is 0.481 e. The van der Waals surface area contributed by atoms with Crippen molar-refractivity contribution in [2.45, 2.75) is 116 Å². The van der Waals surface area contributed by atoms with Crippen molar-refractivity contribution in [3.8, 4) is 0 Å². The van der Waals surface area contributed by atoms with Crippen LogP contribution < -0.4 is 16.8 Å². The van der Waals surface area contributed by atoms with Crippen LogP contribution in [0.2, 0.25) is 0 Å². The molecule has 178 valence electrons. The smallest absolute Gasteiger partial charge is 0.320 e. The molecule has 0 aliphatic rings. The van der Waals surface area contributed by atoms with Crippen molar-refractivity contribution < 1.29 is 19.8 Å². The second kappa shape index (κ2) is 23.4. The predicted molar refractivity (Wildman–Crippen MR) is 123 cm³/mol. The zero-order valence-electron chi connectivity index (χ0n) is 19.0. The molecule has 0 aromatic heterocycles. The molecule has 0 aromatic carbocycles. The van der Waals surface area contributed by atoms with Crippen LogP contribution in [0.1, 0.15) is 110 Å². The predicted octanol–water partition coefficient (Wildman–Crippen LogP) is 4.21. The first-order valence-corrected chi connectivity index (χ1v) is 11.6. The van der Waals surface area contributed by atoms with Gasteiger partial charge in [0.1, 0.15) is 6.04 Å². The molecule has 0 saturated carbocycles. The number of nitrogens with two attached hydrogens (primary N) is 2. The van der Waals surface area contributed by atoms with Crippen LogP contribution in [0.3, 0.4) is 0 Å². The van der Waals surface area contributed by atoms with Gasteiger partial charge in [-0.15, -0.1) is 0 Å². The number of guanidine groups is 1. The number of aliphatic carboxylic acids is 2. The molecule has 0 amide bonds. The summed E-state index contributed by atoms with van der Waals surface area (Å²) in [7, 11) is 0. The molecule has 0 aliphatic heterocycles. The van der Waals surface area contributed by atoms with Crippen molar-refractivity contribution in [3.63, 3.8) is 0 Å². The molecule has 0 spiro atoms. The average molecular weight is 431 g/mol. The maximum Gasteiger partial charge on any atom is 0.320 e. The molecule has 30 heavy (non-hydrogen) atoms. The Morgan fingerprint density at radius 3 is 1.63 bits per heavy atom. The van der Waals surface area contributed by atoms with E-state index in [9.17, 15) is 9.59 Å². The van der Waals surface area contributed by atoms with Gasteiger partial charge in [-0.1, -0.05) is 84.0 Å². The van der Waals surface area contributed by atoms with Crippen molar-refractivity contribution in [3.05, 3.63) is 0 Å². The SMILES string of the molecule is CCCCCCCCCCCCCCCC(=O)O.N=C(N)NCCC[C@H](N)C(=O)O. The van der Waals surface area contributed by atoms with Crippen LogP contribution >= 0.6 is 0 Å². The highest BCUT2D eigenvalue weighted by atomic mass is 16.4. The molecule has 8 nitrogen and oxygen atoms in total. The number of nitrogens with one attached hydrogen (secondary N) is 2. The highest BCUT2D eigenvalue weighted by Crippen LogP contribution is 2.12. The zero-order chi connectivity index (χ0) is 23.0. The number of unbranched alkanes of at least 4 members (excludes halogenated alkanes) is 12. The van der Waals surface area contributed by atoms with E-state index in [2.05, 4.69) is 12.2 Å². The first-order chi connectivity index (χ1) is 14.3. The van der Waals surface area contributed by atoms with Gasteiger partial charge in [0.15, 0.2) is 5.96 Å². The van der Waals surface area contributed by atoms with Crippen LogP contribution in [0.15, 0.2) is 0 Å². The van der Waals surface area contributed by atoms with E-state index >= 15 is 0 Å². The molecule has 0 unspecified atom stereocenters. The first kappa shape index (κ1) is 30.4. The van der Waals surface area contributed by atoms with E-state index in [1.54, 1.807) is 0 Å². The van der Waals surface area contributed by atoms with Gasteiger partial charge in [-0.25, -0.2) is 0 Å². The molecule has 0 aliphatic carbocycles. The Hall–Kier alpha value is -1.83. The van der Waals surface area contributed by atoms with Gasteiger partial charge in [0.25, 0.3) is 0 Å². The quantitative estimate of drug-likeness (QED) is 0.101. The summed E-state index contributed by atoms with van der Waals surface area (Å²) in [6, 6.07) is -0.821. The van der Waals surface area contributed by atoms with Crippen LogP contribution in [0.5, 0.6) is 0 Å². The Labute approximate surface area is 182 Å². The van der Waals surface area contributed by atoms with Crippen molar-refractivity contribution in [2.24, 2.45) is 11.5 Å². The summed E-state index contributed by atoms with van der Waals surface area (Å²) < 4.78 is 0. The highest BCUT2D eigenvalue weighted by Gasteiger charge is 2.09. The maximum atomic E-state index is 10.3. The standard InChI is InChI=1S/C16H32O2.C6H14N4O2/c1-2-3-4-5-6-7-8-9-10-11-12-13-14-15-16(17)18;7-4(5(11)12)2-1-3-10-6(8)9/h2-15H2,1H3,(H,17,18);4H,1-3,7H2,(H,11,12)(H4,8,9,10)/t;4-/m.0/s1. The van der Waals surface area contributed by atoms with E-state index in [4.69, 9.17) is 27.1 Å². The van der Waals surface area contributed by atoms with Crippen molar-refractivity contribution in [1.82, 2.24) is 5.32 Å². The lowest BCUT2D eigenvalue weighted by Gasteiger charge is -2.06. The molecule has 8 N–H and O–H groups in total. The van der Waals surface area contributed by atoms with Crippen molar-refractivity contribution in [2.75, 3.05) is 6.54 Å². The van der Waals surface area contributed by atoms with Crippen LogP contribution in [0.4, 0.5) is 0 Å². The van der Waals surface area contributed by atoms with Gasteiger partial charge >= 0.3 is 11.9 Å². The monoisotopic (exact) mass is 430 g/mol. The van der Waals surface area contributed by atoms with Crippen LogP contribution in [0, 0.1) is 5.41 Å². The summed E-state index contributed by atoms with van der Waals surface area (Å²) in [5, 5.41) is 26.2. The third kappa shape index (κ3) is 28.4. The van der Waals surface area contributed by atoms with E-state index in [1.165, 1.54) is 70.6 Å². The fourth-order valence-corrected chi connectivity index (χ4v) is 2.96. The highest BCUT2D eigenvalue weighted by molar-refractivity contribution is 5.74. The van der Waals surface area contributed by atoms with Crippen molar-refractivity contribution in [1.29, 1.82) is 5.41 Å². The van der Waals surface area contributed by atoms with Gasteiger partial charge in [0.2, 0.25) is 0 Å². The van der Waals surface area contributed by atoms with Gasteiger partial charge in [0.05, 0.1) is 0 Å². The molecular weight excluding hydrogens is 384 g/mol. The van der Waals surface area contributed by atoms with E-state index in [1.807, 2.05) is 0 Å². The second-order valence-corrected chi connectivity index (χ2v) is 7.81. The molecule has 0 rings (SSSR count). The van der Waals surface area contributed by atoms with E-state index < -0.39 is 18.0 Å². The fraction of sp³-hybridized carbons (Fsp3) is 0.864. The van der Waals surface area contributed by atoms with Gasteiger partial charge in [0, 0.05) is 13.0 Å². The molecule has 0 aromatic rings. The third-order valence-corrected chi connectivity index (χ3v) is 4.82. The number of rotatable bonds is 19. The number of hydrogen-bond acceptors (Lipinski definition) is 4. The normalized spacial score (nSPS) is 11.3. The summed E-state index contributed by atoms with van der Waals surface area (Å²) in [4.78, 5) is 20.5. The minimum absolute atomic E-state index is 0.112. The number of hydrogen-bond donors (Lipinski definition) is 6. The van der Waals surface area contributed by atoms with Crippen LogP contribution in [0.25, 0.3) is 0 Å². The minimum atomic E-state index is -1.00. The van der Waals surface area contributed by atoms with Crippen molar-refractivity contribution >= 4 is 17.9 Å². The number of carboxylic acid groups (broad SMARTS) is 2. The molecule has 0 saturated heterocycles.